The highest BCUT2D eigenvalue weighted by atomic mass is 16.6. The number of carboxylic acids is 1. The van der Waals surface area contributed by atoms with Crippen LogP contribution < -0.4 is 0 Å². The van der Waals surface area contributed by atoms with Gasteiger partial charge in [-0.15, -0.1) is 0 Å². The van der Waals surface area contributed by atoms with Gasteiger partial charge in [0, 0.05) is 13.5 Å². The Labute approximate surface area is 80.1 Å². The second-order valence-electron chi connectivity index (χ2n) is 3.46. The Balaban J connectivity index is 2.12. The van der Waals surface area contributed by atoms with Gasteiger partial charge in [0.1, 0.15) is 0 Å². The maximum absolute atomic E-state index is 11.0. The number of rotatable bonds is 1. The number of oxime groups is 1. The Bertz CT molecular complexity index is 325. The lowest BCUT2D eigenvalue weighted by Crippen LogP contribution is -2.29. The van der Waals surface area contributed by atoms with Crippen molar-refractivity contribution in [3.05, 3.63) is 0 Å². The predicted octanol–water partition coefficient (Wildman–Crippen LogP) is -0.696. The molecule has 76 valence electrons. The Kier molecular flexibility index (Phi) is 1.90. The minimum Gasteiger partial charge on any atom is -0.477 e. The van der Waals surface area contributed by atoms with Crippen LogP contribution in [0.5, 0.6) is 0 Å². The van der Waals surface area contributed by atoms with Crippen molar-refractivity contribution in [1.29, 1.82) is 0 Å². The highest BCUT2D eigenvalue weighted by Crippen LogP contribution is 2.27. The molecular weight excluding hydrogens is 188 g/mol. The summed E-state index contributed by atoms with van der Waals surface area (Å²) in [5.41, 5.74) is 0.0266. The van der Waals surface area contributed by atoms with E-state index < -0.39 is 5.97 Å². The van der Waals surface area contributed by atoms with E-state index >= 15 is 0 Å². The average molecular weight is 198 g/mol. The first-order valence-corrected chi connectivity index (χ1v) is 4.32. The molecule has 2 aliphatic rings. The minimum atomic E-state index is -1.07. The number of fused-ring (bicyclic) bond motifs is 1. The van der Waals surface area contributed by atoms with Crippen LogP contribution in [0.4, 0.5) is 0 Å². The molecule has 0 bridgehead atoms. The van der Waals surface area contributed by atoms with E-state index in [4.69, 9.17) is 9.94 Å². The number of hydrogen-bond acceptors (Lipinski definition) is 4. The number of carbonyl (C=O) groups excluding carboxylic acids is 1. The molecule has 1 N–H and O–H groups in total. The Morgan fingerprint density at radius 3 is 2.86 bits per heavy atom. The van der Waals surface area contributed by atoms with E-state index in [-0.39, 0.29) is 23.6 Å². The van der Waals surface area contributed by atoms with E-state index in [9.17, 15) is 9.59 Å². The van der Waals surface area contributed by atoms with Gasteiger partial charge >= 0.3 is 5.97 Å². The standard InChI is InChI=1S/C8H10N2O4/c1-4(11)10-2-5-6(3-10)14-9-7(5)8(12)13/h5-6H,2-3H2,1H3,(H,12,13)/t5-,6+/m1/s1. The zero-order valence-electron chi connectivity index (χ0n) is 7.64. The normalized spacial score (nSPS) is 29.5. The molecule has 1 saturated heterocycles. The Hall–Kier alpha value is -1.59. The molecular formula is C8H10N2O4. The lowest BCUT2D eigenvalue weighted by Gasteiger charge is -2.12. The van der Waals surface area contributed by atoms with Gasteiger partial charge in [0.25, 0.3) is 0 Å². The molecule has 0 radical (unpaired) electrons. The topological polar surface area (TPSA) is 79.2 Å². The van der Waals surface area contributed by atoms with Crippen LogP contribution in [0.2, 0.25) is 0 Å². The predicted molar refractivity (Wildman–Crippen MR) is 45.7 cm³/mol. The summed E-state index contributed by atoms with van der Waals surface area (Å²) >= 11 is 0. The fraction of sp³-hybridized carbons (Fsp3) is 0.625. The molecule has 6 heteroatoms. The molecule has 2 heterocycles. The molecule has 0 spiro atoms. The van der Waals surface area contributed by atoms with Gasteiger partial charge in [-0.25, -0.2) is 4.79 Å². The molecule has 1 fully saturated rings. The average Bonchev–Trinajstić information content (AvgIpc) is 2.58. The number of carboxylic acid groups (broad SMARTS) is 1. The largest absolute Gasteiger partial charge is 0.477 e. The molecule has 6 nitrogen and oxygen atoms in total. The second kappa shape index (κ2) is 2.97. The summed E-state index contributed by atoms with van der Waals surface area (Å²) in [7, 11) is 0. The van der Waals surface area contributed by atoms with Gasteiger partial charge in [0.15, 0.2) is 11.8 Å². The fourth-order valence-corrected chi connectivity index (χ4v) is 1.79. The number of aliphatic carboxylic acids is 1. The zero-order valence-corrected chi connectivity index (χ0v) is 7.64. The van der Waals surface area contributed by atoms with E-state index in [1.807, 2.05) is 0 Å². The molecule has 0 aromatic carbocycles. The van der Waals surface area contributed by atoms with Crippen LogP contribution in [0.15, 0.2) is 5.16 Å². The lowest BCUT2D eigenvalue weighted by molar-refractivity contribution is -0.130. The van der Waals surface area contributed by atoms with Crippen molar-refractivity contribution in [2.75, 3.05) is 13.1 Å². The monoisotopic (exact) mass is 198 g/mol. The molecule has 14 heavy (non-hydrogen) atoms. The Morgan fingerprint density at radius 1 is 1.57 bits per heavy atom. The number of carbonyl (C=O) groups is 2. The summed E-state index contributed by atoms with van der Waals surface area (Å²) in [4.78, 5) is 28.3. The van der Waals surface area contributed by atoms with E-state index in [0.717, 1.165) is 0 Å². The summed E-state index contributed by atoms with van der Waals surface area (Å²) in [5, 5.41) is 12.3. The summed E-state index contributed by atoms with van der Waals surface area (Å²) in [5.74, 6) is -1.40. The SMILES string of the molecule is CC(=O)N1C[C@@H]2ON=C(C(=O)O)[C@@H]2C1. The first kappa shape index (κ1) is 8.98. The van der Waals surface area contributed by atoms with Crippen LogP contribution >= 0.6 is 0 Å². The van der Waals surface area contributed by atoms with Crippen molar-refractivity contribution in [3.8, 4) is 0 Å². The van der Waals surface area contributed by atoms with Crippen LogP contribution in [-0.4, -0.2) is 46.8 Å². The maximum atomic E-state index is 11.0. The molecule has 1 amide bonds. The van der Waals surface area contributed by atoms with Crippen molar-refractivity contribution >= 4 is 17.6 Å². The van der Waals surface area contributed by atoms with Crippen LogP contribution in [0.1, 0.15) is 6.92 Å². The first-order chi connectivity index (χ1) is 6.59. The van der Waals surface area contributed by atoms with Crippen LogP contribution in [0.25, 0.3) is 0 Å². The van der Waals surface area contributed by atoms with E-state index in [0.29, 0.717) is 13.1 Å². The number of nitrogens with zero attached hydrogens (tertiary/aromatic N) is 2. The third-order valence-electron chi connectivity index (χ3n) is 2.57. The zero-order chi connectivity index (χ0) is 10.3. The van der Waals surface area contributed by atoms with Gasteiger partial charge in [0.2, 0.25) is 5.91 Å². The van der Waals surface area contributed by atoms with Gasteiger partial charge in [0.05, 0.1) is 12.5 Å². The van der Waals surface area contributed by atoms with Gasteiger partial charge < -0.3 is 14.8 Å². The minimum absolute atomic E-state index is 0.0266. The van der Waals surface area contributed by atoms with Crippen molar-refractivity contribution in [1.82, 2.24) is 4.90 Å². The molecule has 0 aliphatic carbocycles. The van der Waals surface area contributed by atoms with Crippen molar-refractivity contribution in [3.63, 3.8) is 0 Å². The van der Waals surface area contributed by atoms with Crippen LogP contribution in [0, 0.1) is 5.92 Å². The molecule has 0 saturated carbocycles. The van der Waals surface area contributed by atoms with Gasteiger partial charge in [-0.3, -0.25) is 4.79 Å². The molecule has 2 rings (SSSR count). The molecule has 0 aromatic heterocycles. The van der Waals surface area contributed by atoms with E-state index in [1.54, 1.807) is 4.90 Å². The van der Waals surface area contributed by atoms with Gasteiger partial charge in [-0.05, 0) is 0 Å². The van der Waals surface area contributed by atoms with Crippen molar-refractivity contribution in [2.24, 2.45) is 11.1 Å². The molecule has 2 aliphatic heterocycles. The van der Waals surface area contributed by atoms with Gasteiger partial charge in [-0.2, -0.15) is 0 Å². The fourth-order valence-electron chi connectivity index (χ4n) is 1.79. The molecule has 0 unspecified atom stereocenters. The summed E-state index contributed by atoms with van der Waals surface area (Å²) in [6.45, 7) is 2.28. The first-order valence-electron chi connectivity index (χ1n) is 4.32. The summed E-state index contributed by atoms with van der Waals surface area (Å²) < 4.78 is 0. The van der Waals surface area contributed by atoms with E-state index in [1.165, 1.54) is 6.92 Å². The second-order valence-corrected chi connectivity index (χ2v) is 3.46. The van der Waals surface area contributed by atoms with E-state index in [2.05, 4.69) is 5.16 Å². The van der Waals surface area contributed by atoms with Crippen LogP contribution in [0.3, 0.4) is 0 Å². The van der Waals surface area contributed by atoms with Crippen LogP contribution in [-0.2, 0) is 14.4 Å². The highest BCUT2D eigenvalue weighted by molar-refractivity contribution is 6.37. The lowest BCUT2D eigenvalue weighted by atomic mass is 10.0. The number of hydrogen-bond donors (Lipinski definition) is 1. The molecule has 0 aromatic rings. The number of likely N-dealkylation sites (tertiary alicyclic amines) is 1. The van der Waals surface area contributed by atoms with Crippen molar-refractivity contribution < 1.29 is 19.5 Å². The third-order valence-corrected chi connectivity index (χ3v) is 2.57. The summed E-state index contributed by atoms with van der Waals surface area (Å²) in [6, 6.07) is 0. The maximum Gasteiger partial charge on any atom is 0.354 e. The number of amides is 1. The Morgan fingerprint density at radius 2 is 2.29 bits per heavy atom. The quantitative estimate of drug-likeness (QED) is 0.604. The molecule has 2 atom stereocenters. The van der Waals surface area contributed by atoms with Crippen molar-refractivity contribution in [2.45, 2.75) is 13.0 Å². The highest BCUT2D eigenvalue weighted by Gasteiger charge is 2.45. The summed E-state index contributed by atoms with van der Waals surface area (Å²) in [6.07, 6.45) is -0.273. The third kappa shape index (κ3) is 1.23. The smallest absolute Gasteiger partial charge is 0.354 e. The van der Waals surface area contributed by atoms with Gasteiger partial charge in [-0.1, -0.05) is 5.16 Å².